The van der Waals surface area contributed by atoms with Crippen LogP contribution in [0.3, 0.4) is 0 Å². The third-order valence-corrected chi connectivity index (χ3v) is 6.25. The van der Waals surface area contributed by atoms with Crippen LogP contribution in [0.5, 0.6) is 0 Å². The Morgan fingerprint density at radius 3 is 2.52 bits per heavy atom. The fraction of sp³-hybridized carbons (Fsp3) is 0.0870. The molecule has 0 spiro atoms. The Kier molecular flexibility index (Phi) is 6.32. The number of aryl methyl sites for hydroxylation is 1. The van der Waals surface area contributed by atoms with Gasteiger partial charge in [0.1, 0.15) is 0 Å². The molecule has 0 aliphatic carbocycles. The molecule has 3 aromatic carbocycles. The maximum Gasteiger partial charge on any atom is 0.266 e. The SMILES string of the molecule is Cc1ccc(-n2c(SCC(=O)Nc3ccc(Cl)c(Cl)c3)nc3ccccc3c2=O)cc1. The highest BCUT2D eigenvalue weighted by atomic mass is 35.5. The Labute approximate surface area is 193 Å². The van der Waals surface area contributed by atoms with E-state index in [2.05, 4.69) is 10.3 Å². The molecule has 0 radical (unpaired) electrons. The van der Waals surface area contributed by atoms with Crippen molar-refractivity contribution in [1.29, 1.82) is 0 Å². The second-order valence-corrected chi connectivity index (χ2v) is 8.61. The molecular weight excluding hydrogens is 453 g/mol. The predicted molar refractivity (Wildman–Crippen MR) is 128 cm³/mol. The quantitative estimate of drug-likeness (QED) is 0.299. The van der Waals surface area contributed by atoms with Crippen molar-refractivity contribution in [2.75, 3.05) is 11.1 Å². The summed E-state index contributed by atoms with van der Waals surface area (Å²) in [4.78, 5) is 30.4. The zero-order chi connectivity index (χ0) is 22.0. The summed E-state index contributed by atoms with van der Waals surface area (Å²) in [6.07, 6.45) is 0. The van der Waals surface area contributed by atoms with E-state index >= 15 is 0 Å². The second kappa shape index (κ2) is 9.14. The van der Waals surface area contributed by atoms with Crippen molar-refractivity contribution in [2.24, 2.45) is 0 Å². The number of hydrogen-bond acceptors (Lipinski definition) is 4. The summed E-state index contributed by atoms with van der Waals surface area (Å²) in [7, 11) is 0. The van der Waals surface area contributed by atoms with Crippen LogP contribution in [0.2, 0.25) is 10.0 Å². The third kappa shape index (κ3) is 4.77. The molecule has 0 fully saturated rings. The van der Waals surface area contributed by atoms with Gasteiger partial charge in [0, 0.05) is 5.69 Å². The normalized spacial score (nSPS) is 10.9. The average molecular weight is 470 g/mol. The molecule has 4 rings (SSSR count). The molecule has 0 unspecified atom stereocenters. The van der Waals surface area contributed by atoms with Crippen LogP contribution in [0.25, 0.3) is 16.6 Å². The number of carbonyl (C=O) groups excluding carboxylic acids is 1. The Balaban J connectivity index is 1.65. The molecule has 0 bridgehead atoms. The molecule has 0 aliphatic rings. The lowest BCUT2D eigenvalue weighted by atomic mass is 10.2. The summed E-state index contributed by atoms with van der Waals surface area (Å²) < 4.78 is 1.54. The Bertz CT molecular complexity index is 1340. The first kappa shape index (κ1) is 21.4. The summed E-state index contributed by atoms with van der Waals surface area (Å²) in [5.74, 6) is -0.182. The molecule has 0 saturated heterocycles. The van der Waals surface area contributed by atoms with Gasteiger partial charge in [-0.2, -0.15) is 0 Å². The zero-order valence-electron chi connectivity index (χ0n) is 16.4. The Morgan fingerprint density at radius 2 is 1.77 bits per heavy atom. The molecule has 156 valence electrons. The van der Waals surface area contributed by atoms with Crippen LogP contribution < -0.4 is 10.9 Å². The summed E-state index contributed by atoms with van der Waals surface area (Å²) in [6, 6.07) is 19.7. The van der Waals surface area contributed by atoms with Crippen molar-refractivity contribution in [3.05, 3.63) is 92.7 Å². The van der Waals surface area contributed by atoms with Gasteiger partial charge >= 0.3 is 0 Å². The number of benzene rings is 3. The predicted octanol–water partition coefficient (Wildman–Crippen LogP) is 5.73. The van der Waals surface area contributed by atoms with Crippen LogP contribution in [0.15, 0.2) is 76.7 Å². The van der Waals surface area contributed by atoms with E-state index in [9.17, 15) is 9.59 Å². The van der Waals surface area contributed by atoms with Gasteiger partial charge in [0.05, 0.1) is 32.4 Å². The van der Waals surface area contributed by atoms with Gasteiger partial charge in [-0.1, -0.05) is 64.8 Å². The van der Waals surface area contributed by atoms with Gasteiger partial charge in [-0.15, -0.1) is 0 Å². The van der Waals surface area contributed by atoms with E-state index in [-0.39, 0.29) is 17.2 Å². The van der Waals surface area contributed by atoms with Gasteiger partial charge in [-0.05, 0) is 49.4 Å². The van der Waals surface area contributed by atoms with Crippen molar-refractivity contribution < 1.29 is 4.79 Å². The van der Waals surface area contributed by atoms with Crippen LogP contribution in [-0.2, 0) is 4.79 Å². The standard InChI is InChI=1S/C23H17Cl2N3O2S/c1-14-6-9-16(10-7-14)28-22(30)17-4-2-3-5-20(17)27-23(28)31-13-21(29)26-15-8-11-18(24)19(25)12-15/h2-12H,13H2,1H3,(H,26,29). The largest absolute Gasteiger partial charge is 0.325 e. The average Bonchev–Trinajstić information content (AvgIpc) is 2.76. The molecule has 1 N–H and O–H groups in total. The topological polar surface area (TPSA) is 64.0 Å². The first-order valence-corrected chi connectivity index (χ1v) is 11.1. The number of rotatable bonds is 5. The summed E-state index contributed by atoms with van der Waals surface area (Å²) in [6.45, 7) is 1.98. The first-order chi connectivity index (χ1) is 14.9. The number of fused-ring (bicyclic) bond motifs is 1. The number of para-hydroxylation sites is 1. The van der Waals surface area contributed by atoms with Gasteiger partial charge in [0.15, 0.2) is 5.16 Å². The number of amides is 1. The number of thioether (sulfide) groups is 1. The van der Waals surface area contributed by atoms with E-state index in [1.54, 1.807) is 34.9 Å². The van der Waals surface area contributed by atoms with Gasteiger partial charge in [0.2, 0.25) is 5.91 Å². The van der Waals surface area contributed by atoms with Gasteiger partial charge in [-0.25, -0.2) is 4.98 Å². The lowest BCUT2D eigenvalue weighted by molar-refractivity contribution is -0.113. The van der Waals surface area contributed by atoms with Crippen LogP contribution in [-0.4, -0.2) is 21.2 Å². The van der Waals surface area contributed by atoms with Crippen LogP contribution >= 0.6 is 35.0 Å². The molecule has 1 aromatic heterocycles. The van der Waals surface area contributed by atoms with Crippen molar-refractivity contribution in [3.63, 3.8) is 0 Å². The molecule has 31 heavy (non-hydrogen) atoms. The van der Waals surface area contributed by atoms with E-state index in [0.717, 1.165) is 5.56 Å². The number of anilines is 1. The molecule has 0 saturated carbocycles. The van der Waals surface area contributed by atoms with Gasteiger partial charge < -0.3 is 5.32 Å². The van der Waals surface area contributed by atoms with E-state index in [1.165, 1.54) is 11.8 Å². The molecule has 5 nitrogen and oxygen atoms in total. The fourth-order valence-corrected chi connectivity index (χ4v) is 4.14. The Morgan fingerprint density at radius 1 is 1.03 bits per heavy atom. The Hall–Kier alpha value is -2.80. The van der Waals surface area contributed by atoms with Crippen molar-refractivity contribution >= 4 is 57.5 Å². The number of carbonyl (C=O) groups is 1. The number of nitrogens with one attached hydrogen (secondary N) is 1. The van der Waals surface area contributed by atoms with Crippen molar-refractivity contribution in [1.82, 2.24) is 9.55 Å². The fourth-order valence-electron chi connectivity index (χ4n) is 3.03. The minimum absolute atomic E-state index is 0.0664. The monoisotopic (exact) mass is 469 g/mol. The summed E-state index contributed by atoms with van der Waals surface area (Å²) >= 11 is 13.1. The minimum atomic E-state index is -0.249. The molecule has 8 heteroatoms. The van der Waals surface area contributed by atoms with Crippen LogP contribution in [0.4, 0.5) is 5.69 Å². The minimum Gasteiger partial charge on any atom is -0.325 e. The number of hydrogen-bond donors (Lipinski definition) is 1. The van der Waals surface area contributed by atoms with Crippen molar-refractivity contribution in [2.45, 2.75) is 12.1 Å². The first-order valence-electron chi connectivity index (χ1n) is 9.39. The lowest BCUT2D eigenvalue weighted by Gasteiger charge is -2.13. The van der Waals surface area contributed by atoms with Crippen molar-refractivity contribution in [3.8, 4) is 5.69 Å². The van der Waals surface area contributed by atoms with Gasteiger partial charge in [0.25, 0.3) is 5.56 Å². The van der Waals surface area contributed by atoms with E-state index in [4.69, 9.17) is 23.2 Å². The van der Waals surface area contributed by atoms with Crippen LogP contribution in [0.1, 0.15) is 5.56 Å². The number of aromatic nitrogens is 2. The second-order valence-electron chi connectivity index (χ2n) is 6.85. The highest BCUT2D eigenvalue weighted by molar-refractivity contribution is 7.99. The lowest BCUT2D eigenvalue weighted by Crippen LogP contribution is -2.23. The van der Waals surface area contributed by atoms with E-state index in [1.807, 2.05) is 43.3 Å². The molecular formula is C23H17Cl2N3O2S. The smallest absolute Gasteiger partial charge is 0.266 e. The summed E-state index contributed by atoms with van der Waals surface area (Å²) in [5.41, 5.74) is 2.73. The molecule has 1 heterocycles. The highest BCUT2D eigenvalue weighted by Gasteiger charge is 2.15. The number of nitrogens with zero attached hydrogens (tertiary/aromatic N) is 2. The van der Waals surface area contributed by atoms with Gasteiger partial charge in [-0.3, -0.25) is 14.2 Å². The molecule has 1 amide bonds. The van der Waals surface area contributed by atoms with E-state index < -0.39 is 0 Å². The zero-order valence-corrected chi connectivity index (χ0v) is 18.8. The molecule has 4 aromatic rings. The highest BCUT2D eigenvalue weighted by Crippen LogP contribution is 2.26. The maximum absolute atomic E-state index is 13.2. The third-order valence-electron chi connectivity index (χ3n) is 4.57. The van der Waals surface area contributed by atoms with E-state index in [0.29, 0.717) is 37.5 Å². The number of halogens is 2. The molecule has 0 aliphatic heterocycles. The summed E-state index contributed by atoms with van der Waals surface area (Å²) in [5, 5.41) is 4.51. The van der Waals surface area contributed by atoms with Crippen LogP contribution in [0, 0.1) is 6.92 Å². The molecule has 0 atom stereocenters. The maximum atomic E-state index is 13.2.